The molecule has 7 aromatic rings. The van der Waals surface area contributed by atoms with Crippen LogP contribution >= 0.6 is 0 Å². The standard InChI is InChI=1S/C34H16F2N4/c1-38-40-34-30-15-22(20-4-10-24(36)11-5-20)7-13-26(30)28-16-31-27(17-32(28)34)25-12-6-21(14-29(25)33(31)39-18-37)19-2-8-23(35)9-3-19/h2-17H/b39-33+,40-34+. The number of nitriles is 1. The van der Waals surface area contributed by atoms with E-state index in [1.54, 1.807) is 24.3 Å². The molecule has 0 bridgehead atoms. The first-order chi connectivity index (χ1) is 19.6. The van der Waals surface area contributed by atoms with Crippen molar-refractivity contribution >= 4 is 43.1 Å². The maximum atomic E-state index is 13.5. The van der Waals surface area contributed by atoms with Crippen molar-refractivity contribution in [3.8, 4) is 28.4 Å². The zero-order chi connectivity index (χ0) is 27.4. The summed E-state index contributed by atoms with van der Waals surface area (Å²) in [6, 6.07) is 28.5. The minimum atomic E-state index is -0.305. The smallest absolute Gasteiger partial charge is 0.206 e. The molecule has 0 unspecified atom stereocenters. The van der Waals surface area contributed by atoms with E-state index < -0.39 is 0 Å². The van der Waals surface area contributed by atoms with E-state index in [4.69, 9.17) is 6.57 Å². The Hall–Kier alpha value is -5.72. The van der Waals surface area contributed by atoms with Crippen LogP contribution in [-0.2, 0) is 0 Å². The Bertz CT molecular complexity index is 2180. The van der Waals surface area contributed by atoms with Crippen molar-refractivity contribution in [3.05, 3.63) is 131 Å². The van der Waals surface area contributed by atoms with Gasteiger partial charge in [-0.1, -0.05) is 48.5 Å². The summed E-state index contributed by atoms with van der Waals surface area (Å²) in [4.78, 5) is 7.56. The van der Waals surface area contributed by atoms with Crippen LogP contribution < -0.4 is 10.7 Å². The lowest BCUT2D eigenvalue weighted by Crippen LogP contribution is -1.99. The first-order valence-corrected chi connectivity index (χ1v) is 12.5. The summed E-state index contributed by atoms with van der Waals surface area (Å²) < 4.78 is 27.0. The normalized spacial score (nSPS) is 12.5. The largest absolute Gasteiger partial charge is 0.207 e. The third-order valence-corrected chi connectivity index (χ3v) is 7.46. The van der Waals surface area contributed by atoms with Crippen LogP contribution in [-0.4, -0.2) is 0 Å². The molecule has 0 radical (unpaired) electrons. The number of halogens is 2. The lowest BCUT2D eigenvalue weighted by atomic mass is 10.0. The predicted octanol–water partition coefficient (Wildman–Crippen LogP) is 7.90. The second-order valence-corrected chi connectivity index (χ2v) is 9.59. The van der Waals surface area contributed by atoms with Crippen LogP contribution in [0.3, 0.4) is 0 Å². The molecule has 0 aliphatic heterocycles. The molecule has 4 nitrogen and oxygen atoms in total. The van der Waals surface area contributed by atoms with Gasteiger partial charge in [-0.05, 0) is 92.3 Å². The van der Waals surface area contributed by atoms with Gasteiger partial charge in [0, 0.05) is 21.5 Å². The molecule has 7 aromatic carbocycles. The van der Waals surface area contributed by atoms with Gasteiger partial charge in [0.25, 0.3) is 0 Å². The third kappa shape index (κ3) is 3.55. The summed E-state index contributed by atoms with van der Waals surface area (Å²) in [6.45, 7) is 7.48. The zero-order valence-electron chi connectivity index (χ0n) is 20.8. The predicted molar refractivity (Wildman–Crippen MR) is 153 cm³/mol. The number of hydrogen-bond acceptors (Lipinski definition) is 3. The Morgan fingerprint density at radius 2 is 0.950 bits per heavy atom. The molecule has 0 N–H and O–H groups in total. The van der Waals surface area contributed by atoms with Crippen molar-refractivity contribution in [2.45, 2.75) is 0 Å². The van der Waals surface area contributed by atoms with E-state index in [0.29, 0.717) is 10.7 Å². The van der Waals surface area contributed by atoms with Gasteiger partial charge in [-0.2, -0.15) is 16.8 Å². The lowest BCUT2D eigenvalue weighted by Gasteiger charge is -2.02. The number of nitrogens with zero attached hydrogens (tertiary/aromatic N) is 4. The Morgan fingerprint density at radius 1 is 0.525 bits per heavy atom. The fraction of sp³-hybridized carbons (Fsp3) is 0. The first kappa shape index (κ1) is 23.4. The fourth-order valence-corrected chi connectivity index (χ4v) is 5.65. The number of hydrogen-bond donors (Lipinski definition) is 0. The van der Waals surface area contributed by atoms with Crippen molar-refractivity contribution in [2.75, 3.05) is 0 Å². The van der Waals surface area contributed by atoms with Gasteiger partial charge in [-0.15, -0.1) is 4.95 Å². The van der Waals surface area contributed by atoms with Crippen LogP contribution in [0.1, 0.15) is 0 Å². The molecule has 0 saturated heterocycles. The monoisotopic (exact) mass is 518 g/mol. The van der Waals surface area contributed by atoms with E-state index in [1.807, 2.05) is 54.7 Å². The van der Waals surface area contributed by atoms with E-state index in [-0.39, 0.29) is 11.6 Å². The highest BCUT2D eigenvalue weighted by molar-refractivity contribution is 6.21. The molecule has 186 valence electrons. The first-order valence-electron chi connectivity index (χ1n) is 12.5. The molecular formula is C34H16F2N4. The van der Waals surface area contributed by atoms with Crippen LogP contribution in [0.5, 0.6) is 0 Å². The topological polar surface area (TPSA) is 52.9 Å². The molecule has 0 fully saturated rings. The third-order valence-electron chi connectivity index (χ3n) is 7.46. The van der Waals surface area contributed by atoms with Crippen molar-refractivity contribution in [2.24, 2.45) is 10.1 Å². The van der Waals surface area contributed by atoms with Crippen molar-refractivity contribution in [3.63, 3.8) is 0 Å². The van der Waals surface area contributed by atoms with Crippen LogP contribution in [0.2, 0.25) is 0 Å². The second-order valence-electron chi connectivity index (χ2n) is 9.59. The molecule has 0 spiro atoms. The molecule has 40 heavy (non-hydrogen) atoms. The van der Waals surface area contributed by atoms with Gasteiger partial charge in [-0.3, -0.25) is 0 Å². The van der Waals surface area contributed by atoms with E-state index in [1.165, 1.54) is 24.3 Å². The molecule has 0 atom stereocenters. The Kier molecular flexibility index (Phi) is 5.23. The molecule has 0 aliphatic rings. The van der Waals surface area contributed by atoms with E-state index in [0.717, 1.165) is 65.3 Å². The Morgan fingerprint density at radius 3 is 1.43 bits per heavy atom. The molecule has 0 amide bonds. The maximum absolute atomic E-state index is 13.5. The van der Waals surface area contributed by atoms with Gasteiger partial charge in [0.1, 0.15) is 11.6 Å². The molecule has 0 aromatic heterocycles. The second kappa shape index (κ2) is 8.94. The summed E-state index contributed by atoms with van der Waals surface area (Å²) in [5.74, 6) is -0.609. The molecular weight excluding hydrogens is 502 g/mol. The zero-order valence-corrected chi connectivity index (χ0v) is 20.8. The lowest BCUT2D eigenvalue weighted by molar-refractivity contribution is 0.627. The fourth-order valence-electron chi connectivity index (χ4n) is 5.65. The van der Waals surface area contributed by atoms with Gasteiger partial charge < -0.3 is 0 Å². The molecule has 6 heteroatoms. The summed E-state index contributed by atoms with van der Waals surface area (Å²) in [5.41, 5.74) is 3.50. The molecule has 7 rings (SSSR count). The van der Waals surface area contributed by atoms with Crippen molar-refractivity contribution in [1.29, 1.82) is 5.26 Å². The van der Waals surface area contributed by atoms with Crippen LogP contribution in [0, 0.1) is 29.7 Å². The number of fused-ring (bicyclic) bond motifs is 6. The highest BCUT2D eigenvalue weighted by Gasteiger charge is 2.17. The highest BCUT2D eigenvalue weighted by Crippen LogP contribution is 2.35. The van der Waals surface area contributed by atoms with E-state index in [2.05, 4.69) is 15.0 Å². The quantitative estimate of drug-likeness (QED) is 0.130. The Labute approximate surface area is 226 Å². The van der Waals surface area contributed by atoms with E-state index >= 15 is 0 Å². The van der Waals surface area contributed by atoms with Crippen LogP contribution in [0.4, 0.5) is 8.78 Å². The number of benzene rings is 5. The van der Waals surface area contributed by atoms with E-state index in [9.17, 15) is 14.0 Å². The minimum absolute atomic E-state index is 0.304. The maximum Gasteiger partial charge on any atom is 0.206 e. The van der Waals surface area contributed by atoms with Gasteiger partial charge in [0.15, 0.2) is 5.36 Å². The van der Waals surface area contributed by atoms with Crippen LogP contribution in [0.15, 0.2) is 107 Å². The summed E-state index contributed by atoms with van der Waals surface area (Å²) >= 11 is 0. The summed E-state index contributed by atoms with van der Waals surface area (Å²) in [6.07, 6.45) is 1.95. The minimum Gasteiger partial charge on any atom is -0.207 e. The Balaban J connectivity index is 1.54. The van der Waals surface area contributed by atoms with Crippen molar-refractivity contribution < 1.29 is 8.78 Å². The van der Waals surface area contributed by atoms with Gasteiger partial charge in [-0.25, -0.2) is 8.78 Å². The average molecular weight is 519 g/mol. The van der Waals surface area contributed by atoms with Crippen LogP contribution in [0.25, 0.3) is 70.3 Å². The molecule has 0 aliphatic carbocycles. The van der Waals surface area contributed by atoms with Gasteiger partial charge in [0.05, 0.1) is 10.5 Å². The molecule has 0 heterocycles. The average Bonchev–Trinajstić information content (AvgIpc) is 3.44. The van der Waals surface area contributed by atoms with Gasteiger partial charge in [0.2, 0.25) is 6.19 Å². The molecule has 0 saturated carbocycles. The van der Waals surface area contributed by atoms with Gasteiger partial charge >= 0.3 is 0 Å². The number of rotatable bonds is 2. The summed E-state index contributed by atoms with van der Waals surface area (Å²) in [5, 5.41) is 21.8. The highest BCUT2D eigenvalue weighted by atomic mass is 19.1. The van der Waals surface area contributed by atoms with Crippen molar-refractivity contribution in [1.82, 2.24) is 0 Å². The SMILES string of the molecule is [C-]#[N+]/N=c1\c2cc(-c3ccc(F)cc3)ccc2c2cc3/c(=N/C#N)c4cc(-c5ccc(F)cc5)ccc4c3cc12. The summed E-state index contributed by atoms with van der Waals surface area (Å²) in [7, 11) is 0.